The largest absolute Gasteiger partial charge is 0.453 e. The summed E-state index contributed by atoms with van der Waals surface area (Å²) in [5.41, 5.74) is 0.446. The van der Waals surface area contributed by atoms with Crippen LogP contribution in [0, 0.1) is 0 Å². The molecule has 0 aliphatic heterocycles. The maximum atomic E-state index is 14.2. The molecule has 0 spiro atoms. The molecule has 4 unspecified atom stereocenters. The average molecular weight is 326 g/mol. The minimum Gasteiger partial charge on any atom is -0.453 e. The highest BCUT2D eigenvalue weighted by Crippen LogP contribution is 2.43. The van der Waals surface area contributed by atoms with Crippen LogP contribution in [0.2, 0.25) is 0 Å². The molecule has 0 N–H and O–H groups in total. The van der Waals surface area contributed by atoms with Crippen molar-refractivity contribution in [1.29, 1.82) is 0 Å². The molecule has 1 aromatic heterocycles. The SMILES string of the molecule is O=Cc1ccc(-c2ccccc2C2C(F)C(F)CC(F)C2F)o1. The van der Waals surface area contributed by atoms with Crippen LogP contribution in [0.5, 0.6) is 0 Å². The monoisotopic (exact) mass is 326 g/mol. The summed E-state index contributed by atoms with van der Waals surface area (Å²) in [7, 11) is 0. The predicted molar refractivity (Wildman–Crippen MR) is 76.5 cm³/mol. The van der Waals surface area contributed by atoms with Gasteiger partial charge in [0.25, 0.3) is 0 Å². The lowest BCUT2D eigenvalue weighted by Gasteiger charge is -2.35. The number of hydrogen-bond acceptors (Lipinski definition) is 2. The van der Waals surface area contributed by atoms with Crippen molar-refractivity contribution in [1.82, 2.24) is 0 Å². The first-order valence-corrected chi connectivity index (χ1v) is 7.23. The van der Waals surface area contributed by atoms with Crippen LogP contribution in [0.4, 0.5) is 17.6 Å². The fraction of sp³-hybridized carbons (Fsp3) is 0.353. The molecule has 0 saturated heterocycles. The number of furan rings is 1. The van der Waals surface area contributed by atoms with Crippen LogP contribution in [0.3, 0.4) is 0 Å². The highest BCUT2D eigenvalue weighted by molar-refractivity contribution is 5.73. The summed E-state index contributed by atoms with van der Waals surface area (Å²) in [6, 6.07) is 9.01. The lowest BCUT2D eigenvalue weighted by atomic mass is 9.77. The summed E-state index contributed by atoms with van der Waals surface area (Å²) in [5, 5.41) is 0. The molecule has 1 aliphatic rings. The number of carbonyl (C=O) groups excluding carboxylic acids is 1. The zero-order valence-electron chi connectivity index (χ0n) is 12.0. The number of alkyl halides is 4. The number of hydrogen-bond donors (Lipinski definition) is 0. The van der Waals surface area contributed by atoms with Crippen molar-refractivity contribution in [2.75, 3.05) is 0 Å². The van der Waals surface area contributed by atoms with Gasteiger partial charge < -0.3 is 4.42 Å². The smallest absolute Gasteiger partial charge is 0.185 e. The molecule has 1 saturated carbocycles. The molecule has 2 aromatic rings. The topological polar surface area (TPSA) is 30.2 Å². The van der Waals surface area contributed by atoms with Gasteiger partial charge in [0.05, 0.1) is 5.92 Å². The van der Waals surface area contributed by atoms with Crippen molar-refractivity contribution in [2.24, 2.45) is 0 Å². The summed E-state index contributed by atoms with van der Waals surface area (Å²) in [4.78, 5) is 10.7. The Balaban J connectivity index is 2.07. The summed E-state index contributed by atoms with van der Waals surface area (Å²) in [6.07, 6.45) is -8.68. The summed E-state index contributed by atoms with van der Waals surface area (Å²) < 4.78 is 61.1. The second-order valence-electron chi connectivity index (χ2n) is 5.59. The Hall–Kier alpha value is -2.11. The summed E-state index contributed by atoms with van der Waals surface area (Å²) in [5.74, 6) is -1.29. The van der Waals surface area contributed by atoms with E-state index in [9.17, 15) is 22.4 Å². The standard InChI is InChI=1S/C17H14F4O2/c18-12-7-13(19)17(21)15(16(12)20)11-4-2-1-3-10(11)14-6-5-9(8-22)23-14/h1-6,8,12-13,15-17H,7H2. The molecule has 2 nitrogen and oxygen atoms in total. The van der Waals surface area contributed by atoms with Crippen LogP contribution >= 0.6 is 0 Å². The van der Waals surface area contributed by atoms with Crippen LogP contribution in [0.15, 0.2) is 40.8 Å². The molecule has 1 fully saturated rings. The minimum absolute atomic E-state index is 0.0544. The van der Waals surface area contributed by atoms with Gasteiger partial charge >= 0.3 is 0 Å². The van der Waals surface area contributed by atoms with E-state index in [0.717, 1.165) is 0 Å². The van der Waals surface area contributed by atoms with E-state index in [1.807, 2.05) is 0 Å². The number of aldehydes is 1. The van der Waals surface area contributed by atoms with Gasteiger partial charge in [-0.05, 0) is 17.7 Å². The molecule has 23 heavy (non-hydrogen) atoms. The molecule has 1 aromatic carbocycles. The number of rotatable bonds is 3. The highest BCUT2D eigenvalue weighted by Gasteiger charge is 2.48. The van der Waals surface area contributed by atoms with Crippen LogP contribution in [-0.4, -0.2) is 31.0 Å². The second-order valence-corrected chi connectivity index (χ2v) is 5.59. The van der Waals surface area contributed by atoms with Crippen LogP contribution in [-0.2, 0) is 0 Å². The normalized spacial score (nSPS) is 31.0. The quantitative estimate of drug-likeness (QED) is 0.609. The van der Waals surface area contributed by atoms with Crippen LogP contribution in [0.25, 0.3) is 11.3 Å². The zero-order chi connectivity index (χ0) is 16.6. The third-order valence-electron chi connectivity index (χ3n) is 4.16. The Kier molecular flexibility index (Phi) is 4.24. The molecule has 1 aliphatic carbocycles. The van der Waals surface area contributed by atoms with E-state index >= 15 is 0 Å². The van der Waals surface area contributed by atoms with Crippen molar-refractivity contribution in [2.45, 2.75) is 37.0 Å². The number of benzene rings is 1. The highest BCUT2D eigenvalue weighted by atomic mass is 19.2. The maximum absolute atomic E-state index is 14.2. The molecule has 0 radical (unpaired) electrons. The molecule has 122 valence electrons. The van der Waals surface area contributed by atoms with Crippen LogP contribution in [0.1, 0.15) is 28.5 Å². The van der Waals surface area contributed by atoms with Gasteiger partial charge in [-0.15, -0.1) is 0 Å². The molecular formula is C17H14F4O2. The van der Waals surface area contributed by atoms with Crippen molar-refractivity contribution in [3.8, 4) is 11.3 Å². The van der Waals surface area contributed by atoms with Gasteiger partial charge in [-0.3, -0.25) is 4.79 Å². The van der Waals surface area contributed by atoms with Crippen LogP contribution < -0.4 is 0 Å². The van der Waals surface area contributed by atoms with Gasteiger partial charge in [0.1, 0.15) is 30.4 Å². The first kappa shape index (κ1) is 15.8. The van der Waals surface area contributed by atoms with E-state index < -0.39 is 37.0 Å². The van der Waals surface area contributed by atoms with Crippen molar-refractivity contribution in [3.05, 3.63) is 47.7 Å². The number of carbonyl (C=O) groups is 1. The minimum atomic E-state index is -2.14. The Morgan fingerprint density at radius 3 is 2.22 bits per heavy atom. The fourth-order valence-corrected chi connectivity index (χ4v) is 3.02. The first-order chi connectivity index (χ1) is 11.0. The van der Waals surface area contributed by atoms with E-state index in [1.165, 1.54) is 30.3 Å². The Morgan fingerprint density at radius 2 is 1.61 bits per heavy atom. The maximum Gasteiger partial charge on any atom is 0.185 e. The third-order valence-corrected chi connectivity index (χ3v) is 4.16. The van der Waals surface area contributed by atoms with Crippen molar-refractivity contribution < 1.29 is 26.8 Å². The molecule has 6 heteroatoms. The average Bonchev–Trinajstić information content (AvgIpc) is 3.03. The molecule has 1 heterocycles. The molecular weight excluding hydrogens is 312 g/mol. The lowest BCUT2D eigenvalue weighted by molar-refractivity contribution is -0.00557. The Labute approximate surface area is 130 Å². The van der Waals surface area contributed by atoms with E-state index in [1.54, 1.807) is 6.07 Å². The van der Waals surface area contributed by atoms with E-state index in [4.69, 9.17) is 4.42 Å². The lowest BCUT2D eigenvalue weighted by Crippen LogP contribution is -2.44. The fourth-order valence-electron chi connectivity index (χ4n) is 3.02. The van der Waals surface area contributed by atoms with Gasteiger partial charge in [-0.1, -0.05) is 24.3 Å². The predicted octanol–water partition coefficient (Wildman–Crippen LogP) is 4.60. The molecule has 0 bridgehead atoms. The zero-order valence-corrected chi connectivity index (χ0v) is 12.0. The van der Waals surface area contributed by atoms with Crippen molar-refractivity contribution >= 4 is 6.29 Å². The van der Waals surface area contributed by atoms with Gasteiger partial charge in [-0.2, -0.15) is 0 Å². The van der Waals surface area contributed by atoms with E-state index in [-0.39, 0.29) is 17.1 Å². The molecule has 3 rings (SSSR count). The molecule has 0 amide bonds. The van der Waals surface area contributed by atoms with Crippen molar-refractivity contribution in [3.63, 3.8) is 0 Å². The van der Waals surface area contributed by atoms with Gasteiger partial charge in [0.2, 0.25) is 0 Å². The Morgan fingerprint density at radius 1 is 0.957 bits per heavy atom. The third kappa shape index (κ3) is 2.78. The van der Waals surface area contributed by atoms with Gasteiger partial charge in [0.15, 0.2) is 12.0 Å². The van der Waals surface area contributed by atoms with Gasteiger partial charge in [0, 0.05) is 12.0 Å². The summed E-state index contributed by atoms with van der Waals surface area (Å²) in [6.45, 7) is 0. The second kappa shape index (κ2) is 6.18. The first-order valence-electron chi connectivity index (χ1n) is 7.23. The number of halogens is 4. The van der Waals surface area contributed by atoms with E-state index in [2.05, 4.69) is 0 Å². The van der Waals surface area contributed by atoms with Gasteiger partial charge in [-0.25, -0.2) is 17.6 Å². The molecule has 4 atom stereocenters. The summed E-state index contributed by atoms with van der Waals surface area (Å²) >= 11 is 0. The van der Waals surface area contributed by atoms with E-state index in [0.29, 0.717) is 11.8 Å². The Bertz CT molecular complexity index is 685.